The van der Waals surface area contributed by atoms with Gasteiger partial charge in [-0.2, -0.15) is 0 Å². The summed E-state index contributed by atoms with van der Waals surface area (Å²) in [6.07, 6.45) is 3.44. The molecule has 8 heteroatoms. The summed E-state index contributed by atoms with van der Waals surface area (Å²) < 4.78 is 0. The number of carbonyl (C=O) groups is 2. The molecule has 0 aliphatic rings. The van der Waals surface area contributed by atoms with Crippen LogP contribution < -0.4 is 0 Å². The number of pyridine rings is 2. The van der Waals surface area contributed by atoms with E-state index in [1.54, 1.807) is 22.2 Å². The number of carboxylic acids is 2. The van der Waals surface area contributed by atoms with Gasteiger partial charge in [0, 0.05) is 49.3 Å². The fraction of sp³-hybridized carbons (Fsp3) is 0.231. The second-order valence-corrected chi connectivity index (χ2v) is 8.17. The maximum absolute atomic E-state index is 11.5. The van der Waals surface area contributed by atoms with Crippen molar-refractivity contribution in [1.82, 2.24) is 19.8 Å². The second-order valence-electron chi connectivity index (χ2n) is 8.17. The Kier molecular flexibility index (Phi) is 7.41. The molecule has 174 valence electrons. The number of aliphatic carboxylic acids is 2. The zero-order chi connectivity index (χ0) is 23.9. The number of carboxylic acid groups (broad SMARTS) is 2. The van der Waals surface area contributed by atoms with Crippen molar-refractivity contribution in [2.24, 2.45) is 0 Å². The van der Waals surface area contributed by atoms with E-state index in [4.69, 9.17) is 0 Å². The molecular formula is C26H26N4O4. The van der Waals surface area contributed by atoms with Gasteiger partial charge in [0.1, 0.15) is 0 Å². The molecule has 4 aromatic rings. The number of benzene rings is 2. The van der Waals surface area contributed by atoms with Gasteiger partial charge in [-0.25, -0.2) is 0 Å². The van der Waals surface area contributed by atoms with Crippen molar-refractivity contribution in [3.8, 4) is 0 Å². The van der Waals surface area contributed by atoms with E-state index in [9.17, 15) is 19.8 Å². The highest BCUT2D eigenvalue weighted by Crippen LogP contribution is 2.19. The number of rotatable bonds is 11. The molecule has 0 bridgehead atoms. The van der Waals surface area contributed by atoms with Crippen LogP contribution >= 0.6 is 0 Å². The van der Waals surface area contributed by atoms with E-state index >= 15 is 0 Å². The highest BCUT2D eigenvalue weighted by molar-refractivity contribution is 5.85. The van der Waals surface area contributed by atoms with Crippen molar-refractivity contribution in [1.29, 1.82) is 0 Å². The van der Waals surface area contributed by atoms with Crippen molar-refractivity contribution in [3.63, 3.8) is 0 Å². The smallest absolute Gasteiger partial charge is 0.317 e. The number of hydrogen-bond donors (Lipinski definition) is 2. The predicted molar refractivity (Wildman–Crippen MR) is 129 cm³/mol. The maximum Gasteiger partial charge on any atom is 0.317 e. The van der Waals surface area contributed by atoms with Crippen molar-refractivity contribution in [2.75, 3.05) is 26.2 Å². The van der Waals surface area contributed by atoms with Crippen molar-refractivity contribution >= 4 is 33.5 Å². The van der Waals surface area contributed by atoms with Gasteiger partial charge in [0.15, 0.2) is 0 Å². The van der Waals surface area contributed by atoms with Crippen molar-refractivity contribution in [2.45, 2.75) is 13.1 Å². The summed E-state index contributed by atoms with van der Waals surface area (Å²) in [5.41, 5.74) is 1.58. The molecule has 2 heterocycles. The average molecular weight is 459 g/mol. The third-order valence-electron chi connectivity index (χ3n) is 5.71. The summed E-state index contributed by atoms with van der Waals surface area (Å²) in [4.78, 5) is 35.6. The third kappa shape index (κ3) is 5.92. The Labute approximate surface area is 197 Å². The third-order valence-corrected chi connectivity index (χ3v) is 5.71. The molecule has 34 heavy (non-hydrogen) atoms. The van der Waals surface area contributed by atoms with E-state index in [0.717, 1.165) is 32.9 Å². The Morgan fingerprint density at radius 1 is 0.647 bits per heavy atom. The van der Waals surface area contributed by atoms with Crippen LogP contribution in [0.2, 0.25) is 0 Å². The van der Waals surface area contributed by atoms with Gasteiger partial charge in [0.25, 0.3) is 0 Å². The highest BCUT2D eigenvalue weighted by atomic mass is 16.4. The molecule has 2 aromatic carbocycles. The van der Waals surface area contributed by atoms with Gasteiger partial charge in [0.2, 0.25) is 0 Å². The minimum atomic E-state index is -0.944. The fourth-order valence-corrected chi connectivity index (χ4v) is 4.13. The Morgan fingerprint density at radius 3 is 1.47 bits per heavy atom. The van der Waals surface area contributed by atoms with Crippen LogP contribution in [0.5, 0.6) is 0 Å². The summed E-state index contributed by atoms with van der Waals surface area (Å²) in [5.74, 6) is -1.89. The summed E-state index contributed by atoms with van der Waals surface area (Å²) in [6.45, 7) is 1.10. The first-order valence-corrected chi connectivity index (χ1v) is 11.0. The van der Waals surface area contributed by atoms with Gasteiger partial charge in [0.05, 0.1) is 24.5 Å². The van der Waals surface area contributed by atoms with E-state index in [0.29, 0.717) is 26.2 Å². The second kappa shape index (κ2) is 10.8. The van der Waals surface area contributed by atoms with Crippen LogP contribution in [0.1, 0.15) is 11.4 Å². The molecular weight excluding hydrogens is 432 g/mol. The van der Waals surface area contributed by atoms with Gasteiger partial charge >= 0.3 is 11.9 Å². The summed E-state index contributed by atoms with van der Waals surface area (Å²) in [6, 6.07) is 19.5. The monoisotopic (exact) mass is 458 g/mol. The van der Waals surface area contributed by atoms with Crippen molar-refractivity contribution in [3.05, 3.63) is 84.4 Å². The molecule has 0 amide bonds. The first-order chi connectivity index (χ1) is 16.5. The maximum atomic E-state index is 11.5. The van der Waals surface area contributed by atoms with E-state index in [1.807, 2.05) is 60.7 Å². The normalized spacial score (nSPS) is 11.5. The fourth-order valence-electron chi connectivity index (χ4n) is 4.13. The molecule has 0 saturated heterocycles. The number of nitrogens with zero attached hydrogens (tertiary/aromatic N) is 4. The Balaban J connectivity index is 1.52. The van der Waals surface area contributed by atoms with Crippen LogP contribution in [0.25, 0.3) is 21.5 Å². The molecule has 0 spiro atoms. The number of aromatic nitrogens is 2. The lowest BCUT2D eigenvalue weighted by atomic mass is 10.1. The van der Waals surface area contributed by atoms with Crippen molar-refractivity contribution < 1.29 is 19.8 Å². The molecule has 0 unspecified atom stereocenters. The predicted octanol–water partition coefficient (Wildman–Crippen LogP) is 3.26. The van der Waals surface area contributed by atoms with Crippen LogP contribution in [0.4, 0.5) is 0 Å². The van der Waals surface area contributed by atoms with E-state index in [1.165, 1.54) is 0 Å². The molecule has 2 N–H and O–H groups in total. The van der Waals surface area contributed by atoms with E-state index in [2.05, 4.69) is 9.97 Å². The molecule has 0 saturated carbocycles. The Morgan fingerprint density at radius 2 is 1.06 bits per heavy atom. The zero-order valence-corrected chi connectivity index (χ0v) is 18.7. The largest absolute Gasteiger partial charge is 0.480 e. The van der Waals surface area contributed by atoms with Gasteiger partial charge in [-0.15, -0.1) is 0 Å². The van der Waals surface area contributed by atoms with Crippen LogP contribution in [-0.4, -0.2) is 68.1 Å². The molecule has 4 rings (SSSR count). The van der Waals surface area contributed by atoms with Crippen LogP contribution in [0, 0.1) is 0 Å². The number of hydrogen-bond acceptors (Lipinski definition) is 6. The molecule has 0 aliphatic carbocycles. The van der Waals surface area contributed by atoms with Crippen LogP contribution in [0.3, 0.4) is 0 Å². The van der Waals surface area contributed by atoms with Crippen LogP contribution in [0.15, 0.2) is 73.1 Å². The summed E-state index contributed by atoms with van der Waals surface area (Å²) in [5, 5.41) is 22.9. The topological polar surface area (TPSA) is 107 Å². The molecule has 0 aliphatic heterocycles. The lowest BCUT2D eigenvalue weighted by Crippen LogP contribution is -2.39. The molecule has 0 atom stereocenters. The SMILES string of the molecule is O=C(O)CN(CCN(CC(=O)O)Cc1nccc2ccccc12)Cc1nccc2ccccc12. The van der Waals surface area contributed by atoms with E-state index in [-0.39, 0.29) is 13.1 Å². The molecule has 8 nitrogen and oxygen atoms in total. The van der Waals surface area contributed by atoms with E-state index < -0.39 is 11.9 Å². The minimum absolute atomic E-state index is 0.168. The quantitative estimate of drug-likeness (QED) is 0.353. The standard InChI is InChI=1S/C26H26N4O4/c31-25(32)17-29(15-23-21-7-3-1-5-19(21)9-11-27-23)13-14-30(18-26(33)34)16-24-22-8-4-2-6-20(22)10-12-28-24/h1-12H,13-18H2,(H,31,32)(H,33,34). The lowest BCUT2D eigenvalue weighted by Gasteiger charge is -2.26. The van der Waals surface area contributed by atoms with Gasteiger partial charge in [-0.05, 0) is 22.9 Å². The van der Waals surface area contributed by atoms with Crippen LogP contribution in [-0.2, 0) is 22.7 Å². The minimum Gasteiger partial charge on any atom is -0.480 e. The average Bonchev–Trinajstić information content (AvgIpc) is 2.82. The summed E-state index contributed by atoms with van der Waals surface area (Å²) in [7, 11) is 0. The first-order valence-electron chi connectivity index (χ1n) is 11.0. The Bertz CT molecular complexity index is 1200. The lowest BCUT2D eigenvalue weighted by molar-refractivity contribution is -0.140. The zero-order valence-electron chi connectivity index (χ0n) is 18.7. The summed E-state index contributed by atoms with van der Waals surface area (Å²) >= 11 is 0. The van der Waals surface area contributed by atoms with Gasteiger partial charge in [-0.3, -0.25) is 29.4 Å². The first kappa shape index (κ1) is 23.3. The van der Waals surface area contributed by atoms with Gasteiger partial charge in [-0.1, -0.05) is 48.5 Å². The molecule has 0 fully saturated rings. The molecule has 2 aromatic heterocycles. The van der Waals surface area contributed by atoms with Gasteiger partial charge < -0.3 is 10.2 Å². The highest BCUT2D eigenvalue weighted by Gasteiger charge is 2.18. The Hall–Kier alpha value is -3.88. The number of fused-ring (bicyclic) bond motifs is 2. The molecule has 0 radical (unpaired) electrons.